The molecule has 1 aliphatic heterocycles. The third kappa shape index (κ3) is 4.56. The van der Waals surface area contributed by atoms with Gasteiger partial charge in [0, 0.05) is 12.1 Å². The molecule has 1 amide bonds. The Hall–Kier alpha value is -3.56. The number of hydrogen-bond acceptors (Lipinski definition) is 5. The van der Waals surface area contributed by atoms with Crippen molar-refractivity contribution in [3.8, 4) is 11.5 Å². The molecule has 1 atom stereocenters. The lowest BCUT2D eigenvalue weighted by molar-refractivity contribution is -0.137. The van der Waals surface area contributed by atoms with E-state index in [1.165, 1.54) is 16.8 Å². The van der Waals surface area contributed by atoms with Crippen LogP contribution in [0.25, 0.3) is 0 Å². The van der Waals surface area contributed by atoms with E-state index in [1.807, 2.05) is 19.1 Å². The van der Waals surface area contributed by atoms with Crippen LogP contribution in [0.3, 0.4) is 0 Å². The van der Waals surface area contributed by atoms with Crippen molar-refractivity contribution >= 4 is 5.91 Å². The van der Waals surface area contributed by atoms with Crippen LogP contribution in [0.2, 0.25) is 0 Å². The van der Waals surface area contributed by atoms with Gasteiger partial charge in [0.05, 0.1) is 38.1 Å². The Kier molecular flexibility index (Phi) is 6.73. The molecule has 4 rings (SSSR count). The molecule has 0 saturated carbocycles. The Labute approximate surface area is 201 Å². The lowest BCUT2D eigenvalue weighted by Gasteiger charge is -2.37. The maximum atomic E-state index is 13.5. The topological polar surface area (TPSA) is 69.5 Å². The Bertz CT molecular complexity index is 1220. The fraction of sp³-hybridized carbons (Fsp3) is 0.400. The predicted octanol–water partition coefficient (Wildman–Crippen LogP) is 4.82. The molecule has 0 radical (unpaired) electrons. The minimum atomic E-state index is -4.39. The van der Waals surface area contributed by atoms with Crippen molar-refractivity contribution in [2.75, 3.05) is 20.8 Å². The van der Waals surface area contributed by atoms with E-state index >= 15 is 0 Å². The van der Waals surface area contributed by atoms with Gasteiger partial charge in [0.2, 0.25) is 0 Å². The zero-order chi connectivity index (χ0) is 25.3. The van der Waals surface area contributed by atoms with Gasteiger partial charge in [-0.25, -0.2) is 4.68 Å². The monoisotopic (exact) mass is 488 g/mol. The highest BCUT2D eigenvalue weighted by molar-refractivity contribution is 5.93. The van der Waals surface area contributed by atoms with Crippen LogP contribution >= 0.6 is 0 Å². The van der Waals surface area contributed by atoms with Crippen LogP contribution in [0, 0.1) is 6.92 Å². The van der Waals surface area contributed by atoms with Crippen molar-refractivity contribution in [1.82, 2.24) is 19.9 Å². The van der Waals surface area contributed by atoms with Crippen LogP contribution in [0.1, 0.15) is 57.8 Å². The van der Waals surface area contributed by atoms with E-state index in [4.69, 9.17) is 9.47 Å². The van der Waals surface area contributed by atoms with Crippen molar-refractivity contribution in [1.29, 1.82) is 0 Å². The van der Waals surface area contributed by atoms with Gasteiger partial charge in [-0.3, -0.25) is 4.79 Å². The van der Waals surface area contributed by atoms with Crippen molar-refractivity contribution in [2.45, 2.75) is 45.5 Å². The summed E-state index contributed by atoms with van der Waals surface area (Å²) in [6.45, 7) is 4.45. The molecule has 0 N–H and O–H groups in total. The van der Waals surface area contributed by atoms with Gasteiger partial charge in [-0.15, -0.1) is 5.10 Å². The lowest BCUT2D eigenvalue weighted by atomic mass is 9.89. The third-order valence-electron chi connectivity index (χ3n) is 6.47. The average molecular weight is 489 g/mol. The Morgan fingerprint density at radius 1 is 1.11 bits per heavy atom. The summed E-state index contributed by atoms with van der Waals surface area (Å²) in [5.41, 5.74) is 2.76. The highest BCUT2D eigenvalue weighted by Gasteiger charge is 2.35. The quantitative estimate of drug-likeness (QED) is 0.498. The fourth-order valence-electron chi connectivity index (χ4n) is 4.63. The van der Waals surface area contributed by atoms with Crippen LogP contribution in [-0.2, 0) is 19.1 Å². The summed E-state index contributed by atoms with van der Waals surface area (Å²) in [4.78, 5) is 15.3. The van der Waals surface area contributed by atoms with Gasteiger partial charge < -0.3 is 14.4 Å². The Balaban J connectivity index is 1.57. The molecule has 0 aliphatic carbocycles. The molecule has 186 valence electrons. The van der Waals surface area contributed by atoms with Crippen molar-refractivity contribution in [3.05, 3.63) is 70.0 Å². The summed E-state index contributed by atoms with van der Waals surface area (Å²) < 4.78 is 51.0. The molecule has 1 aromatic heterocycles. The number of fused-ring (bicyclic) bond motifs is 1. The van der Waals surface area contributed by atoms with E-state index in [-0.39, 0.29) is 24.2 Å². The first-order chi connectivity index (χ1) is 16.7. The third-order valence-corrected chi connectivity index (χ3v) is 6.47. The number of amides is 1. The molecule has 0 bridgehead atoms. The second-order valence-corrected chi connectivity index (χ2v) is 8.42. The smallest absolute Gasteiger partial charge is 0.416 e. The van der Waals surface area contributed by atoms with E-state index in [1.54, 1.807) is 26.0 Å². The fourth-order valence-corrected chi connectivity index (χ4v) is 4.63. The molecular weight excluding hydrogens is 461 g/mol. The molecule has 0 spiro atoms. The summed E-state index contributed by atoms with van der Waals surface area (Å²) in [7, 11) is 3.20. The molecular formula is C25H27F3N4O3. The van der Waals surface area contributed by atoms with Gasteiger partial charge in [0.1, 0.15) is 0 Å². The van der Waals surface area contributed by atoms with Gasteiger partial charge >= 0.3 is 6.18 Å². The summed E-state index contributed by atoms with van der Waals surface area (Å²) >= 11 is 0. The molecule has 0 saturated heterocycles. The average Bonchev–Trinajstić information content (AvgIpc) is 3.21. The largest absolute Gasteiger partial charge is 0.493 e. The summed E-state index contributed by atoms with van der Waals surface area (Å²) in [6.07, 6.45) is -3.08. The van der Waals surface area contributed by atoms with Crippen LogP contribution < -0.4 is 9.47 Å². The molecule has 2 heterocycles. The van der Waals surface area contributed by atoms with Gasteiger partial charge in [-0.1, -0.05) is 30.3 Å². The number of aromatic nitrogens is 3. The molecule has 1 unspecified atom stereocenters. The van der Waals surface area contributed by atoms with Crippen LogP contribution in [0.5, 0.6) is 11.5 Å². The molecule has 0 fully saturated rings. The van der Waals surface area contributed by atoms with Crippen LogP contribution in [0.4, 0.5) is 13.2 Å². The van der Waals surface area contributed by atoms with Crippen molar-refractivity contribution in [2.24, 2.45) is 0 Å². The van der Waals surface area contributed by atoms with E-state index < -0.39 is 11.7 Å². The minimum Gasteiger partial charge on any atom is -0.493 e. The first-order valence-corrected chi connectivity index (χ1v) is 11.3. The number of methoxy groups -OCH3 is 2. The summed E-state index contributed by atoms with van der Waals surface area (Å²) in [6, 6.07) is 8.54. The molecule has 1 aliphatic rings. The molecule has 10 heteroatoms. The zero-order valence-electron chi connectivity index (χ0n) is 20.0. The van der Waals surface area contributed by atoms with Crippen LogP contribution in [0.15, 0.2) is 36.4 Å². The number of rotatable bonds is 6. The molecule has 3 aromatic rings. The van der Waals surface area contributed by atoms with E-state index in [0.29, 0.717) is 42.1 Å². The first kappa shape index (κ1) is 24.6. The highest BCUT2D eigenvalue weighted by atomic mass is 19.4. The molecule has 2 aromatic carbocycles. The second-order valence-electron chi connectivity index (χ2n) is 8.42. The lowest BCUT2D eigenvalue weighted by Crippen LogP contribution is -2.40. The number of nitrogens with zero attached hydrogens (tertiary/aromatic N) is 4. The normalized spacial score (nSPS) is 15.6. The minimum absolute atomic E-state index is 0.162. The van der Waals surface area contributed by atoms with E-state index in [2.05, 4.69) is 10.3 Å². The number of ether oxygens (including phenoxy) is 2. The number of carbonyl (C=O) groups excluding carboxylic acids is 1. The SMILES string of the molecule is CCC1c2ccc(OC)c(OC)c2CCN1C(=O)c1nnn(Cc2ccc(C(F)(F)F)cc2)c1C. The highest BCUT2D eigenvalue weighted by Crippen LogP contribution is 2.42. The standard InChI is InChI=1S/C25H27F3N4O3/c1-5-20-18-10-11-21(34-3)23(35-4)19(18)12-13-31(20)24(33)22-15(2)32(30-29-22)14-16-6-8-17(9-7-16)25(26,27)28/h6-11,20H,5,12-14H2,1-4H3. The zero-order valence-corrected chi connectivity index (χ0v) is 20.0. The van der Waals surface area contributed by atoms with E-state index in [9.17, 15) is 18.0 Å². The maximum Gasteiger partial charge on any atom is 0.416 e. The molecule has 7 nitrogen and oxygen atoms in total. The van der Waals surface area contributed by atoms with Gasteiger partial charge in [-0.05, 0) is 49.1 Å². The Morgan fingerprint density at radius 3 is 2.43 bits per heavy atom. The maximum absolute atomic E-state index is 13.5. The Morgan fingerprint density at radius 2 is 1.83 bits per heavy atom. The number of benzene rings is 2. The summed E-state index contributed by atoms with van der Waals surface area (Å²) in [5, 5.41) is 8.23. The van der Waals surface area contributed by atoms with Crippen molar-refractivity contribution in [3.63, 3.8) is 0 Å². The number of carbonyl (C=O) groups is 1. The number of halogens is 3. The predicted molar refractivity (Wildman–Crippen MR) is 123 cm³/mol. The van der Waals surface area contributed by atoms with Gasteiger partial charge in [-0.2, -0.15) is 13.2 Å². The summed E-state index contributed by atoms with van der Waals surface area (Å²) in [5.74, 6) is 1.12. The van der Waals surface area contributed by atoms with Crippen LogP contribution in [-0.4, -0.2) is 46.6 Å². The van der Waals surface area contributed by atoms with E-state index in [0.717, 1.165) is 23.3 Å². The second kappa shape index (κ2) is 9.59. The number of alkyl halides is 3. The first-order valence-electron chi connectivity index (χ1n) is 11.3. The van der Waals surface area contributed by atoms with Crippen molar-refractivity contribution < 1.29 is 27.4 Å². The van der Waals surface area contributed by atoms with Gasteiger partial charge in [0.15, 0.2) is 17.2 Å². The van der Waals surface area contributed by atoms with Gasteiger partial charge in [0.25, 0.3) is 5.91 Å². The number of hydrogen-bond donors (Lipinski definition) is 0. The molecule has 35 heavy (non-hydrogen) atoms.